The number of carbonyl (C=O) groups is 1. The molecule has 1 amide bonds. The van der Waals surface area contributed by atoms with E-state index in [9.17, 15) is 14.3 Å². The number of rotatable bonds is 6. The number of carbonyl (C=O) groups excluding carboxylic acids is 1. The first kappa shape index (κ1) is 22.0. The Labute approximate surface area is 188 Å². The summed E-state index contributed by atoms with van der Waals surface area (Å²) in [6, 6.07) is 13.6. The number of benzene rings is 2. The summed E-state index contributed by atoms with van der Waals surface area (Å²) in [4.78, 5) is 16.5. The number of hydrogen-bond donors (Lipinski definition) is 2. The number of aryl methyl sites for hydroxylation is 2. The number of halogens is 2. The van der Waals surface area contributed by atoms with Gasteiger partial charge in [-0.25, -0.2) is 9.37 Å². The van der Waals surface area contributed by atoms with Crippen LogP contribution in [0.5, 0.6) is 11.6 Å². The number of aromatic hydroxyl groups is 1. The Balaban J connectivity index is 1.70. The number of amides is 1. The molecule has 3 rings (SSSR count). The summed E-state index contributed by atoms with van der Waals surface area (Å²) >= 11 is 2.16. The summed E-state index contributed by atoms with van der Waals surface area (Å²) in [6.07, 6.45) is -0.517. The van der Waals surface area contributed by atoms with Gasteiger partial charge in [-0.3, -0.25) is 4.79 Å². The minimum absolute atomic E-state index is 0.0963. The number of aromatic nitrogens is 1. The maximum atomic E-state index is 14.7. The van der Waals surface area contributed by atoms with Crippen LogP contribution in [-0.2, 0) is 6.54 Å². The van der Waals surface area contributed by atoms with E-state index >= 15 is 0 Å². The van der Waals surface area contributed by atoms with Crippen LogP contribution < -0.4 is 10.1 Å². The van der Waals surface area contributed by atoms with E-state index in [1.807, 2.05) is 37.3 Å². The third kappa shape index (κ3) is 5.08. The van der Waals surface area contributed by atoms with Crippen LogP contribution in [0.2, 0.25) is 0 Å². The van der Waals surface area contributed by atoms with E-state index in [1.165, 1.54) is 6.07 Å². The second kappa shape index (κ2) is 9.42. The van der Waals surface area contributed by atoms with E-state index in [4.69, 9.17) is 4.74 Å². The molecule has 0 saturated carbocycles. The summed E-state index contributed by atoms with van der Waals surface area (Å²) in [7, 11) is 0. The highest BCUT2D eigenvalue weighted by Gasteiger charge is 2.17. The normalized spacial score (nSPS) is 11.8. The molecule has 2 aromatic carbocycles. The van der Waals surface area contributed by atoms with Crippen molar-refractivity contribution in [2.24, 2.45) is 0 Å². The molecular weight excluding hydrogens is 498 g/mol. The van der Waals surface area contributed by atoms with E-state index in [1.54, 1.807) is 26.0 Å². The summed E-state index contributed by atoms with van der Waals surface area (Å²) in [6.45, 7) is 5.47. The van der Waals surface area contributed by atoms with Crippen molar-refractivity contribution in [2.75, 3.05) is 0 Å². The number of nitrogens with zero attached hydrogens (tertiary/aromatic N) is 1. The number of pyridine rings is 1. The molecule has 7 heteroatoms. The van der Waals surface area contributed by atoms with Gasteiger partial charge in [0.1, 0.15) is 17.7 Å². The molecule has 0 fully saturated rings. The first-order valence-electron chi connectivity index (χ1n) is 9.41. The van der Waals surface area contributed by atoms with Gasteiger partial charge in [0.25, 0.3) is 5.91 Å². The van der Waals surface area contributed by atoms with Crippen molar-refractivity contribution in [3.05, 3.63) is 85.9 Å². The predicted molar refractivity (Wildman–Crippen MR) is 121 cm³/mol. The lowest BCUT2D eigenvalue weighted by Crippen LogP contribution is -2.24. The zero-order valence-corrected chi connectivity index (χ0v) is 19.0. The largest absolute Gasteiger partial charge is 0.493 e. The third-order valence-electron chi connectivity index (χ3n) is 4.72. The van der Waals surface area contributed by atoms with Gasteiger partial charge in [0.15, 0.2) is 0 Å². The van der Waals surface area contributed by atoms with Crippen LogP contribution in [0, 0.1) is 23.2 Å². The molecule has 30 heavy (non-hydrogen) atoms. The Morgan fingerprint density at radius 2 is 1.97 bits per heavy atom. The standard InChI is InChI=1S/C23H22FIN2O3/c1-13-10-14(2)27-23(29)18(13)12-26-22(28)16-8-9-17(19(24)11-16)15(3)30-21-7-5-4-6-20(21)25/h4-11,15H,12H2,1-3H3,(H,26,28)(H,27,29). The summed E-state index contributed by atoms with van der Waals surface area (Å²) < 4.78 is 21.5. The molecule has 0 saturated heterocycles. The van der Waals surface area contributed by atoms with Crippen LogP contribution in [0.4, 0.5) is 4.39 Å². The van der Waals surface area contributed by atoms with Gasteiger partial charge in [-0.15, -0.1) is 0 Å². The zero-order chi connectivity index (χ0) is 21.8. The number of nitrogens with one attached hydrogen (secondary N) is 1. The molecule has 1 unspecified atom stereocenters. The smallest absolute Gasteiger partial charge is 0.251 e. The molecule has 5 nitrogen and oxygen atoms in total. The van der Waals surface area contributed by atoms with Gasteiger partial charge in [0.2, 0.25) is 5.88 Å². The van der Waals surface area contributed by atoms with Crippen LogP contribution >= 0.6 is 22.6 Å². The van der Waals surface area contributed by atoms with Crippen molar-refractivity contribution in [1.82, 2.24) is 10.3 Å². The fraction of sp³-hybridized carbons (Fsp3) is 0.217. The lowest BCUT2D eigenvalue weighted by Gasteiger charge is -2.17. The molecule has 1 aromatic heterocycles. The highest BCUT2D eigenvalue weighted by Crippen LogP contribution is 2.28. The molecule has 1 heterocycles. The molecule has 0 radical (unpaired) electrons. The number of ether oxygens (including phenoxy) is 1. The maximum absolute atomic E-state index is 14.7. The monoisotopic (exact) mass is 520 g/mol. The number of para-hydroxylation sites is 1. The highest BCUT2D eigenvalue weighted by atomic mass is 127. The molecule has 0 aliphatic rings. The summed E-state index contributed by atoms with van der Waals surface area (Å²) in [5, 5.41) is 12.7. The van der Waals surface area contributed by atoms with E-state index in [-0.39, 0.29) is 18.0 Å². The van der Waals surface area contributed by atoms with Crippen LogP contribution in [0.15, 0.2) is 48.5 Å². The van der Waals surface area contributed by atoms with Crippen molar-refractivity contribution in [2.45, 2.75) is 33.4 Å². The quantitative estimate of drug-likeness (QED) is 0.438. The molecule has 0 bridgehead atoms. The maximum Gasteiger partial charge on any atom is 0.251 e. The van der Waals surface area contributed by atoms with E-state index in [2.05, 4.69) is 32.9 Å². The topological polar surface area (TPSA) is 71.5 Å². The fourth-order valence-corrected chi connectivity index (χ4v) is 3.64. The summed E-state index contributed by atoms with van der Waals surface area (Å²) in [5.74, 6) is -0.396. The molecule has 3 aromatic rings. The fourth-order valence-electron chi connectivity index (χ4n) is 3.13. The van der Waals surface area contributed by atoms with Crippen LogP contribution in [0.1, 0.15) is 45.8 Å². The molecule has 1 atom stereocenters. The Kier molecular flexibility index (Phi) is 6.91. The Bertz CT molecular complexity index is 1060. The second-order valence-corrected chi connectivity index (χ2v) is 8.15. The van der Waals surface area contributed by atoms with Crippen molar-refractivity contribution in [3.8, 4) is 11.6 Å². The van der Waals surface area contributed by atoms with Gasteiger partial charge in [-0.1, -0.05) is 18.2 Å². The van der Waals surface area contributed by atoms with Gasteiger partial charge in [0.05, 0.1) is 3.57 Å². The lowest BCUT2D eigenvalue weighted by atomic mass is 10.1. The predicted octanol–water partition coefficient (Wildman–Crippen LogP) is 5.22. The molecule has 0 spiro atoms. The highest BCUT2D eigenvalue weighted by molar-refractivity contribution is 14.1. The molecule has 156 valence electrons. The average Bonchev–Trinajstić information content (AvgIpc) is 2.68. The van der Waals surface area contributed by atoms with Gasteiger partial charge in [-0.2, -0.15) is 0 Å². The molecule has 2 N–H and O–H groups in total. The van der Waals surface area contributed by atoms with Crippen molar-refractivity contribution >= 4 is 28.5 Å². The molecule has 0 aliphatic heterocycles. The Hall–Kier alpha value is -2.68. The SMILES string of the molecule is Cc1cc(C)c(CNC(=O)c2ccc(C(C)Oc3ccccc3I)c(F)c2)c(O)n1. The van der Waals surface area contributed by atoms with Gasteiger partial charge in [0, 0.05) is 28.9 Å². The van der Waals surface area contributed by atoms with Gasteiger partial charge < -0.3 is 15.2 Å². The summed E-state index contributed by atoms with van der Waals surface area (Å²) in [5.41, 5.74) is 2.60. The van der Waals surface area contributed by atoms with Crippen molar-refractivity contribution < 1.29 is 19.0 Å². The van der Waals surface area contributed by atoms with E-state index < -0.39 is 17.8 Å². The van der Waals surface area contributed by atoms with E-state index in [0.717, 1.165) is 9.13 Å². The minimum atomic E-state index is -0.517. The zero-order valence-electron chi connectivity index (χ0n) is 16.9. The van der Waals surface area contributed by atoms with Crippen molar-refractivity contribution in [3.63, 3.8) is 0 Å². The minimum Gasteiger partial charge on any atom is -0.493 e. The molecule has 0 aliphatic carbocycles. The van der Waals surface area contributed by atoms with Crippen LogP contribution in [0.3, 0.4) is 0 Å². The van der Waals surface area contributed by atoms with Crippen LogP contribution in [0.25, 0.3) is 0 Å². The third-order valence-corrected chi connectivity index (χ3v) is 5.61. The first-order chi connectivity index (χ1) is 14.3. The van der Waals surface area contributed by atoms with Crippen LogP contribution in [-0.4, -0.2) is 16.0 Å². The van der Waals surface area contributed by atoms with Gasteiger partial charge >= 0.3 is 0 Å². The number of hydrogen-bond acceptors (Lipinski definition) is 4. The Morgan fingerprint density at radius 3 is 2.63 bits per heavy atom. The first-order valence-corrected chi connectivity index (χ1v) is 10.5. The lowest BCUT2D eigenvalue weighted by molar-refractivity contribution is 0.0950. The Morgan fingerprint density at radius 1 is 1.23 bits per heavy atom. The van der Waals surface area contributed by atoms with Gasteiger partial charge in [-0.05, 0) is 79.3 Å². The molecular formula is C23H22FIN2O3. The van der Waals surface area contributed by atoms with E-state index in [0.29, 0.717) is 22.6 Å². The van der Waals surface area contributed by atoms with Crippen molar-refractivity contribution in [1.29, 1.82) is 0 Å². The second-order valence-electron chi connectivity index (χ2n) is 6.99. The average molecular weight is 520 g/mol.